The number of hydrogen-bond acceptors (Lipinski definition) is 2. The first-order valence-electron chi connectivity index (χ1n) is 7.86. The zero-order valence-electron chi connectivity index (χ0n) is 12.4. The number of nitrogens with two attached hydrogens (primary N) is 1. The van der Waals surface area contributed by atoms with Crippen LogP contribution in [0.4, 0.5) is 5.69 Å². The van der Waals surface area contributed by atoms with Gasteiger partial charge in [-0.15, -0.1) is 12.4 Å². The van der Waals surface area contributed by atoms with Crippen molar-refractivity contribution in [1.82, 2.24) is 0 Å². The molecule has 4 heteroatoms. The first kappa shape index (κ1) is 16.3. The zero-order chi connectivity index (χ0) is 13.9. The predicted octanol–water partition coefficient (Wildman–Crippen LogP) is 3.37. The molecule has 2 atom stereocenters. The van der Waals surface area contributed by atoms with Gasteiger partial charge in [0.15, 0.2) is 0 Å². The summed E-state index contributed by atoms with van der Waals surface area (Å²) in [5.74, 6) is 1.12. The number of carbonyl (C=O) groups excluding carboxylic acids is 1. The molecule has 2 saturated carbocycles. The average Bonchev–Trinajstić information content (AvgIpc) is 3.29. The molecule has 2 N–H and O–H groups in total. The maximum absolute atomic E-state index is 12.9. The Morgan fingerprint density at radius 1 is 1.14 bits per heavy atom. The summed E-state index contributed by atoms with van der Waals surface area (Å²) in [6, 6.07) is 10.3. The molecule has 0 heterocycles. The SMILES string of the molecule is Cl.NC1CCCC(C(=O)N(CC2CC2)c2ccccc2)C1. The normalized spacial score (nSPS) is 25.0. The van der Waals surface area contributed by atoms with Crippen molar-refractivity contribution in [3.05, 3.63) is 30.3 Å². The lowest BCUT2D eigenvalue weighted by Crippen LogP contribution is -2.41. The lowest BCUT2D eigenvalue weighted by atomic mass is 9.85. The van der Waals surface area contributed by atoms with E-state index in [4.69, 9.17) is 5.73 Å². The van der Waals surface area contributed by atoms with Gasteiger partial charge >= 0.3 is 0 Å². The molecule has 2 aliphatic rings. The van der Waals surface area contributed by atoms with Crippen molar-refractivity contribution in [2.75, 3.05) is 11.4 Å². The molecule has 0 spiro atoms. The van der Waals surface area contributed by atoms with Gasteiger partial charge in [-0.05, 0) is 50.2 Å². The first-order chi connectivity index (χ1) is 9.74. The molecule has 0 saturated heterocycles. The summed E-state index contributed by atoms with van der Waals surface area (Å²) in [6.45, 7) is 0.884. The van der Waals surface area contributed by atoms with Gasteiger partial charge in [0, 0.05) is 24.2 Å². The van der Waals surface area contributed by atoms with Crippen LogP contribution in [-0.2, 0) is 4.79 Å². The molecule has 1 aromatic rings. The molecule has 1 aromatic carbocycles. The van der Waals surface area contributed by atoms with E-state index in [1.165, 1.54) is 12.8 Å². The van der Waals surface area contributed by atoms with Crippen LogP contribution in [0.5, 0.6) is 0 Å². The van der Waals surface area contributed by atoms with Crippen LogP contribution >= 0.6 is 12.4 Å². The average molecular weight is 309 g/mol. The Morgan fingerprint density at radius 2 is 1.86 bits per heavy atom. The molecule has 1 amide bonds. The Kier molecular flexibility index (Phi) is 5.65. The summed E-state index contributed by atoms with van der Waals surface area (Å²) in [6.07, 6.45) is 6.54. The number of para-hydroxylation sites is 1. The molecule has 2 fully saturated rings. The van der Waals surface area contributed by atoms with Gasteiger partial charge in [0.2, 0.25) is 5.91 Å². The van der Waals surface area contributed by atoms with E-state index >= 15 is 0 Å². The molecule has 0 aromatic heterocycles. The number of amides is 1. The van der Waals surface area contributed by atoms with Gasteiger partial charge in [0.05, 0.1) is 0 Å². The number of benzene rings is 1. The highest BCUT2D eigenvalue weighted by molar-refractivity contribution is 5.95. The summed E-state index contributed by atoms with van der Waals surface area (Å²) < 4.78 is 0. The maximum Gasteiger partial charge on any atom is 0.230 e. The molecule has 21 heavy (non-hydrogen) atoms. The van der Waals surface area contributed by atoms with Crippen molar-refractivity contribution < 1.29 is 4.79 Å². The second kappa shape index (κ2) is 7.28. The van der Waals surface area contributed by atoms with Gasteiger partial charge < -0.3 is 10.6 Å². The minimum absolute atomic E-state index is 0. The highest BCUT2D eigenvalue weighted by Crippen LogP contribution is 2.33. The lowest BCUT2D eigenvalue weighted by molar-refractivity contribution is -0.123. The standard InChI is InChI=1S/C17H24N2O.ClH/c18-15-6-4-5-14(11-15)17(20)19(12-13-9-10-13)16-7-2-1-3-8-16;/h1-3,7-8,13-15H,4-6,9-12,18H2;1H. The molecule has 2 aliphatic carbocycles. The van der Waals surface area contributed by atoms with Crippen molar-refractivity contribution in [2.24, 2.45) is 17.6 Å². The number of carbonyl (C=O) groups is 1. The van der Waals surface area contributed by atoms with E-state index in [1.54, 1.807) is 0 Å². The van der Waals surface area contributed by atoms with Crippen LogP contribution in [0.15, 0.2) is 30.3 Å². The van der Waals surface area contributed by atoms with Gasteiger partial charge in [-0.3, -0.25) is 4.79 Å². The van der Waals surface area contributed by atoms with Gasteiger partial charge in [0.1, 0.15) is 0 Å². The fourth-order valence-corrected chi connectivity index (χ4v) is 3.16. The Balaban J connectivity index is 0.00000161. The Bertz CT molecular complexity index is 461. The monoisotopic (exact) mass is 308 g/mol. The quantitative estimate of drug-likeness (QED) is 0.927. The van der Waals surface area contributed by atoms with Crippen LogP contribution in [0.2, 0.25) is 0 Å². The van der Waals surface area contributed by atoms with Crippen LogP contribution in [0.25, 0.3) is 0 Å². The third-order valence-corrected chi connectivity index (χ3v) is 4.54. The summed E-state index contributed by atoms with van der Waals surface area (Å²) in [4.78, 5) is 14.9. The summed E-state index contributed by atoms with van der Waals surface area (Å²) >= 11 is 0. The van der Waals surface area contributed by atoms with Crippen LogP contribution in [-0.4, -0.2) is 18.5 Å². The van der Waals surface area contributed by atoms with Crippen LogP contribution in [0, 0.1) is 11.8 Å². The fraction of sp³-hybridized carbons (Fsp3) is 0.588. The summed E-state index contributed by atoms with van der Waals surface area (Å²) in [5, 5.41) is 0. The number of halogens is 1. The number of rotatable bonds is 4. The van der Waals surface area contributed by atoms with Crippen molar-refractivity contribution in [2.45, 2.75) is 44.6 Å². The molecule has 0 aliphatic heterocycles. The minimum atomic E-state index is 0. The Labute approximate surface area is 133 Å². The van der Waals surface area contributed by atoms with Crippen LogP contribution in [0.1, 0.15) is 38.5 Å². The van der Waals surface area contributed by atoms with Crippen molar-refractivity contribution >= 4 is 24.0 Å². The maximum atomic E-state index is 12.9. The van der Waals surface area contributed by atoms with E-state index < -0.39 is 0 Å². The van der Waals surface area contributed by atoms with E-state index in [1.807, 2.05) is 35.2 Å². The van der Waals surface area contributed by atoms with Gasteiger partial charge in [0.25, 0.3) is 0 Å². The van der Waals surface area contributed by atoms with E-state index in [-0.39, 0.29) is 24.4 Å². The van der Waals surface area contributed by atoms with E-state index in [2.05, 4.69) is 0 Å². The third-order valence-electron chi connectivity index (χ3n) is 4.54. The fourth-order valence-electron chi connectivity index (χ4n) is 3.16. The van der Waals surface area contributed by atoms with E-state index in [0.29, 0.717) is 11.8 Å². The first-order valence-corrected chi connectivity index (χ1v) is 7.86. The second-order valence-corrected chi connectivity index (χ2v) is 6.35. The molecular formula is C17H25ClN2O. The van der Waals surface area contributed by atoms with Crippen LogP contribution < -0.4 is 10.6 Å². The van der Waals surface area contributed by atoms with Crippen molar-refractivity contribution in [3.63, 3.8) is 0 Å². The lowest BCUT2D eigenvalue weighted by Gasteiger charge is -2.31. The highest BCUT2D eigenvalue weighted by atomic mass is 35.5. The largest absolute Gasteiger partial charge is 0.328 e. The minimum Gasteiger partial charge on any atom is -0.328 e. The van der Waals surface area contributed by atoms with Gasteiger partial charge in [-0.25, -0.2) is 0 Å². The van der Waals surface area contributed by atoms with Crippen LogP contribution in [0.3, 0.4) is 0 Å². The predicted molar refractivity (Wildman–Crippen MR) is 88.7 cm³/mol. The topological polar surface area (TPSA) is 46.3 Å². The summed E-state index contributed by atoms with van der Waals surface area (Å²) in [7, 11) is 0. The molecule has 0 bridgehead atoms. The van der Waals surface area contributed by atoms with Gasteiger partial charge in [-0.2, -0.15) is 0 Å². The molecule has 116 valence electrons. The smallest absolute Gasteiger partial charge is 0.230 e. The number of anilines is 1. The van der Waals surface area contributed by atoms with Gasteiger partial charge in [-0.1, -0.05) is 24.6 Å². The molecule has 3 rings (SSSR count). The van der Waals surface area contributed by atoms with Crippen molar-refractivity contribution in [3.8, 4) is 0 Å². The molecule has 2 unspecified atom stereocenters. The molecular weight excluding hydrogens is 284 g/mol. The summed E-state index contributed by atoms with van der Waals surface area (Å²) in [5.41, 5.74) is 7.09. The molecule has 3 nitrogen and oxygen atoms in total. The zero-order valence-corrected chi connectivity index (χ0v) is 13.2. The third kappa shape index (κ3) is 4.21. The highest BCUT2D eigenvalue weighted by Gasteiger charge is 2.33. The number of hydrogen-bond donors (Lipinski definition) is 1. The Morgan fingerprint density at radius 3 is 2.48 bits per heavy atom. The Hall–Kier alpha value is -1.06. The molecule has 0 radical (unpaired) electrons. The van der Waals surface area contributed by atoms with E-state index in [9.17, 15) is 4.79 Å². The second-order valence-electron chi connectivity index (χ2n) is 6.35. The number of nitrogens with zero attached hydrogens (tertiary/aromatic N) is 1. The van der Waals surface area contributed by atoms with Crippen molar-refractivity contribution in [1.29, 1.82) is 0 Å². The van der Waals surface area contributed by atoms with E-state index in [0.717, 1.165) is 37.9 Å².